The van der Waals surface area contributed by atoms with E-state index in [4.69, 9.17) is 4.74 Å². The lowest BCUT2D eigenvalue weighted by Crippen LogP contribution is -2.50. The molecule has 0 unspecified atom stereocenters. The van der Waals surface area contributed by atoms with Crippen molar-refractivity contribution in [1.82, 2.24) is 24.8 Å². The highest BCUT2D eigenvalue weighted by molar-refractivity contribution is 5.95. The molecule has 32 heavy (non-hydrogen) atoms. The molecule has 3 heterocycles. The van der Waals surface area contributed by atoms with Crippen LogP contribution in [0.2, 0.25) is 0 Å². The van der Waals surface area contributed by atoms with Gasteiger partial charge >= 0.3 is 0 Å². The van der Waals surface area contributed by atoms with Gasteiger partial charge in [0.1, 0.15) is 6.10 Å². The van der Waals surface area contributed by atoms with Crippen molar-refractivity contribution in [1.29, 1.82) is 0 Å². The molecule has 1 atom stereocenters. The van der Waals surface area contributed by atoms with Gasteiger partial charge in [-0.1, -0.05) is 53.2 Å². The average Bonchev–Trinajstić information content (AvgIpc) is 3.27. The van der Waals surface area contributed by atoms with Crippen LogP contribution in [0.3, 0.4) is 0 Å². The van der Waals surface area contributed by atoms with Gasteiger partial charge in [0, 0.05) is 31.7 Å². The first kappa shape index (κ1) is 20.4. The van der Waals surface area contributed by atoms with Crippen molar-refractivity contribution in [3.8, 4) is 0 Å². The first-order valence-corrected chi connectivity index (χ1v) is 10.8. The first-order chi connectivity index (χ1) is 15.6. The Balaban J connectivity index is 1.23. The topological polar surface area (TPSA) is 80.6 Å². The maximum Gasteiger partial charge on any atom is 0.276 e. The molecular formula is C24H25N5O3. The number of rotatable bonds is 3. The number of aryl methyl sites for hydroxylation is 1. The maximum atomic E-state index is 13.1. The molecule has 164 valence electrons. The molecule has 2 amide bonds. The molecule has 0 aliphatic carbocycles. The zero-order valence-corrected chi connectivity index (χ0v) is 18.0. The predicted octanol–water partition coefficient (Wildman–Crippen LogP) is 2.46. The SMILES string of the molecule is Cc1ccc([C@H]2Cn3nnc(C(=O)N4CCN(C(=O)c5ccccc5)CC4)c3CO2)cc1. The van der Waals surface area contributed by atoms with Gasteiger partial charge in [0.2, 0.25) is 0 Å². The molecule has 0 radical (unpaired) electrons. The molecule has 2 aromatic carbocycles. The summed E-state index contributed by atoms with van der Waals surface area (Å²) in [6, 6.07) is 17.5. The van der Waals surface area contributed by atoms with Gasteiger partial charge in [-0.2, -0.15) is 0 Å². The minimum atomic E-state index is -0.157. The molecular weight excluding hydrogens is 406 g/mol. The molecule has 1 aromatic heterocycles. The van der Waals surface area contributed by atoms with Crippen LogP contribution in [0.4, 0.5) is 0 Å². The second-order valence-electron chi connectivity index (χ2n) is 8.23. The molecule has 5 rings (SSSR count). The van der Waals surface area contributed by atoms with Crippen molar-refractivity contribution >= 4 is 11.8 Å². The van der Waals surface area contributed by atoms with Crippen LogP contribution in [0.1, 0.15) is 43.8 Å². The van der Waals surface area contributed by atoms with E-state index in [2.05, 4.69) is 41.5 Å². The molecule has 0 saturated carbocycles. The molecule has 8 nitrogen and oxygen atoms in total. The van der Waals surface area contributed by atoms with Crippen molar-refractivity contribution in [3.63, 3.8) is 0 Å². The molecule has 0 N–H and O–H groups in total. The van der Waals surface area contributed by atoms with E-state index in [1.54, 1.807) is 14.5 Å². The Labute approximate surface area is 186 Å². The average molecular weight is 431 g/mol. The van der Waals surface area contributed by atoms with Gasteiger partial charge < -0.3 is 14.5 Å². The third kappa shape index (κ3) is 3.89. The summed E-state index contributed by atoms with van der Waals surface area (Å²) >= 11 is 0. The first-order valence-electron chi connectivity index (χ1n) is 10.8. The Morgan fingerprint density at radius 3 is 2.25 bits per heavy atom. The smallest absolute Gasteiger partial charge is 0.276 e. The summed E-state index contributed by atoms with van der Waals surface area (Å²) in [5.74, 6) is -0.162. The van der Waals surface area contributed by atoms with Crippen LogP contribution in [0.15, 0.2) is 54.6 Å². The van der Waals surface area contributed by atoms with Crippen LogP contribution in [0, 0.1) is 6.92 Å². The van der Waals surface area contributed by atoms with E-state index in [-0.39, 0.29) is 17.9 Å². The van der Waals surface area contributed by atoms with E-state index in [1.165, 1.54) is 5.56 Å². The maximum absolute atomic E-state index is 13.1. The minimum absolute atomic E-state index is 0.00529. The van der Waals surface area contributed by atoms with Crippen LogP contribution in [-0.4, -0.2) is 62.8 Å². The summed E-state index contributed by atoms with van der Waals surface area (Å²) in [5, 5.41) is 8.40. The van der Waals surface area contributed by atoms with Crippen molar-refractivity contribution in [2.24, 2.45) is 0 Å². The highest BCUT2D eigenvalue weighted by Crippen LogP contribution is 2.27. The molecule has 2 aliphatic heterocycles. The fourth-order valence-corrected chi connectivity index (χ4v) is 4.19. The van der Waals surface area contributed by atoms with E-state index in [9.17, 15) is 9.59 Å². The Kier molecular flexibility index (Phi) is 5.45. The van der Waals surface area contributed by atoms with E-state index in [1.807, 2.05) is 30.3 Å². The third-order valence-electron chi connectivity index (χ3n) is 6.12. The monoisotopic (exact) mass is 431 g/mol. The quantitative estimate of drug-likeness (QED) is 0.636. The Hall–Kier alpha value is -3.52. The second-order valence-corrected chi connectivity index (χ2v) is 8.23. The molecule has 8 heteroatoms. The number of amides is 2. The number of hydrogen-bond acceptors (Lipinski definition) is 5. The van der Waals surface area contributed by atoms with Crippen LogP contribution in [0.5, 0.6) is 0 Å². The van der Waals surface area contributed by atoms with E-state index in [0.717, 1.165) is 5.56 Å². The lowest BCUT2D eigenvalue weighted by molar-refractivity contribution is -0.00203. The van der Waals surface area contributed by atoms with Gasteiger partial charge in [0.15, 0.2) is 5.69 Å². The minimum Gasteiger partial charge on any atom is -0.365 e. The van der Waals surface area contributed by atoms with Gasteiger partial charge in [-0.05, 0) is 24.6 Å². The number of ether oxygens (including phenoxy) is 1. The Bertz CT molecular complexity index is 1120. The molecule has 0 spiro atoms. The Morgan fingerprint density at radius 2 is 1.56 bits per heavy atom. The third-order valence-corrected chi connectivity index (χ3v) is 6.12. The van der Waals surface area contributed by atoms with Crippen molar-refractivity contribution in [3.05, 3.63) is 82.7 Å². The lowest BCUT2D eigenvalue weighted by Gasteiger charge is -2.34. The number of hydrogen-bond donors (Lipinski definition) is 0. The summed E-state index contributed by atoms with van der Waals surface area (Å²) in [6.07, 6.45) is -0.111. The number of carbonyl (C=O) groups is 2. The number of fused-ring (bicyclic) bond motifs is 1. The zero-order chi connectivity index (χ0) is 22.1. The summed E-state index contributed by atoms with van der Waals surface area (Å²) < 4.78 is 7.81. The molecule has 2 aliphatic rings. The van der Waals surface area contributed by atoms with Crippen molar-refractivity contribution in [2.75, 3.05) is 26.2 Å². The number of benzene rings is 2. The second kappa shape index (κ2) is 8.55. The van der Waals surface area contributed by atoms with E-state index < -0.39 is 0 Å². The fourth-order valence-electron chi connectivity index (χ4n) is 4.19. The molecule has 1 saturated heterocycles. The van der Waals surface area contributed by atoms with Gasteiger partial charge in [0.25, 0.3) is 11.8 Å². The van der Waals surface area contributed by atoms with Crippen LogP contribution in [-0.2, 0) is 17.9 Å². The predicted molar refractivity (Wildman–Crippen MR) is 117 cm³/mol. The lowest BCUT2D eigenvalue weighted by atomic mass is 10.1. The normalized spacial score (nSPS) is 18.3. The van der Waals surface area contributed by atoms with Crippen LogP contribution < -0.4 is 0 Å². The van der Waals surface area contributed by atoms with Gasteiger partial charge in [-0.15, -0.1) is 5.10 Å². The molecule has 1 fully saturated rings. The van der Waals surface area contributed by atoms with Gasteiger partial charge in [-0.3, -0.25) is 9.59 Å². The van der Waals surface area contributed by atoms with E-state index >= 15 is 0 Å². The fraction of sp³-hybridized carbons (Fsp3) is 0.333. The number of nitrogens with zero attached hydrogens (tertiary/aromatic N) is 5. The zero-order valence-electron chi connectivity index (χ0n) is 18.0. The summed E-state index contributed by atoms with van der Waals surface area (Å²) in [5.41, 5.74) is 4.00. The highest BCUT2D eigenvalue weighted by Gasteiger charge is 2.32. The highest BCUT2D eigenvalue weighted by atomic mass is 16.5. The van der Waals surface area contributed by atoms with Crippen LogP contribution >= 0.6 is 0 Å². The number of carbonyl (C=O) groups excluding carboxylic acids is 2. The summed E-state index contributed by atoms with van der Waals surface area (Å²) in [7, 11) is 0. The molecule has 0 bridgehead atoms. The van der Waals surface area contributed by atoms with Crippen LogP contribution in [0.25, 0.3) is 0 Å². The summed E-state index contributed by atoms with van der Waals surface area (Å²) in [4.78, 5) is 29.3. The number of aromatic nitrogens is 3. The standard InChI is InChI=1S/C24H25N5O3/c1-17-7-9-18(10-8-17)21-15-29-20(16-32-21)22(25-26-29)24(31)28-13-11-27(12-14-28)23(30)19-5-3-2-4-6-19/h2-10,21H,11-16H2,1H3/t21-/m1/s1. The van der Waals surface area contributed by atoms with Gasteiger partial charge in [-0.25, -0.2) is 4.68 Å². The largest absolute Gasteiger partial charge is 0.365 e. The van der Waals surface area contributed by atoms with E-state index in [0.29, 0.717) is 56.3 Å². The molecule has 3 aromatic rings. The number of piperazine rings is 1. The summed E-state index contributed by atoms with van der Waals surface area (Å²) in [6.45, 7) is 4.80. The van der Waals surface area contributed by atoms with Crippen molar-refractivity contribution in [2.45, 2.75) is 26.2 Å². The Morgan fingerprint density at radius 1 is 0.906 bits per heavy atom. The van der Waals surface area contributed by atoms with Gasteiger partial charge in [0.05, 0.1) is 18.8 Å². The van der Waals surface area contributed by atoms with Crippen molar-refractivity contribution < 1.29 is 14.3 Å².